The Bertz CT molecular complexity index is 1300. The first-order valence-electron chi connectivity index (χ1n) is 10.6. The number of thiocarbonyl (C=S) groups is 1. The van der Waals surface area contributed by atoms with Gasteiger partial charge >= 0.3 is 0 Å². The van der Waals surface area contributed by atoms with Gasteiger partial charge in [-0.3, -0.25) is 18.9 Å². The van der Waals surface area contributed by atoms with Gasteiger partial charge in [-0.05, 0) is 42.3 Å². The second-order valence-electron chi connectivity index (χ2n) is 7.46. The zero-order chi connectivity index (χ0) is 24.1. The first-order valence-corrected chi connectivity index (χ1v) is 11.9. The first-order chi connectivity index (χ1) is 16.5. The summed E-state index contributed by atoms with van der Waals surface area (Å²) in [7, 11) is 3.22. The number of carbonyl (C=O) groups excluding carboxylic acids is 1. The topological polar surface area (TPSA) is 85.2 Å². The molecule has 0 radical (unpaired) electrons. The molecule has 0 unspecified atom stereocenters. The van der Waals surface area contributed by atoms with Crippen molar-refractivity contribution in [1.82, 2.24) is 14.3 Å². The number of aromatic nitrogens is 2. The Morgan fingerprint density at radius 3 is 2.68 bits per heavy atom. The Labute approximate surface area is 206 Å². The molecule has 2 aromatic heterocycles. The highest BCUT2D eigenvalue weighted by atomic mass is 32.2. The van der Waals surface area contributed by atoms with Gasteiger partial charge in [0.1, 0.15) is 21.5 Å². The van der Waals surface area contributed by atoms with Crippen molar-refractivity contribution >= 4 is 51.7 Å². The molecular formula is C24H24N4O4S2. The molecule has 0 saturated carbocycles. The molecule has 1 aliphatic rings. The van der Waals surface area contributed by atoms with Crippen LogP contribution in [0.5, 0.6) is 5.75 Å². The number of amides is 1. The van der Waals surface area contributed by atoms with Crippen molar-refractivity contribution in [2.75, 3.05) is 39.2 Å². The highest BCUT2D eigenvalue weighted by Gasteiger charge is 2.32. The Morgan fingerprint density at radius 2 is 1.94 bits per heavy atom. The summed E-state index contributed by atoms with van der Waals surface area (Å²) in [5.41, 5.74) is 1.61. The fourth-order valence-electron chi connectivity index (χ4n) is 3.50. The lowest BCUT2D eigenvalue weighted by Gasteiger charge is -2.14. The maximum Gasteiger partial charge on any atom is 0.267 e. The van der Waals surface area contributed by atoms with Crippen molar-refractivity contribution in [3.05, 3.63) is 75.0 Å². The minimum absolute atomic E-state index is 0.219. The molecule has 3 aromatic rings. The number of ether oxygens (including phenoxy) is 2. The van der Waals surface area contributed by atoms with E-state index in [1.165, 1.54) is 16.2 Å². The van der Waals surface area contributed by atoms with Gasteiger partial charge in [0.15, 0.2) is 0 Å². The number of fused-ring (bicyclic) bond motifs is 1. The van der Waals surface area contributed by atoms with E-state index in [0.29, 0.717) is 52.4 Å². The van der Waals surface area contributed by atoms with Gasteiger partial charge in [0, 0.05) is 26.4 Å². The minimum Gasteiger partial charge on any atom is -0.497 e. The molecule has 0 atom stereocenters. The van der Waals surface area contributed by atoms with Crippen LogP contribution in [0.4, 0.5) is 5.82 Å². The molecule has 1 fully saturated rings. The van der Waals surface area contributed by atoms with Crippen molar-refractivity contribution in [2.24, 2.45) is 0 Å². The standard InChI is InChI=1S/C24H24N4O4S2/c1-31-14-11-25-21-18(22(29)27-12-4-3-5-20(27)26-21)15-19-23(30)28(24(33)34-19)13-10-16-6-8-17(32-2)9-7-16/h3-9,12,15,25H,10-11,13-14H2,1-2H3. The Balaban J connectivity index is 1.60. The highest BCUT2D eigenvalue weighted by Crippen LogP contribution is 2.33. The average molecular weight is 497 g/mol. The van der Waals surface area contributed by atoms with Crippen LogP contribution in [-0.2, 0) is 16.0 Å². The number of carbonyl (C=O) groups is 1. The summed E-state index contributed by atoms with van der Waals surface area (Å²) >= 11 is 6.66. The number of pyridine rings is 1. The largest absolute Gasteiger partial charge is 0.497 e. The highest BCUT2D eigenvalue weighted by molar-refractivity contribution is 8.26. The van der Waals surface area contributed by atoms with E-state index in [4.69, 9.17) is 21.7 Å². The molecule has 0 bridgehead atoms. The van der Waals surface area contributed by atoms with E-state index in [1.54, 1.807) is 43.5 Å². The molecule has 1 aromatic carbocycles. The predicted molar refractivity (Wildman–Crippen MR) is 138 cm³/mol. The summed E-state index contributed by atoms with van der Waals surface area (Å²) < 4.78 is 12.2. The van der Waals surface area contributed by atoms with Gasteiger partial charge in [-0.25, -0.2) is 4.98 Å². The van der Waals surface area contributed by atoms with Crippen LogP contribution < -0.4 is 15.6 Å². The summed E-state index contributed by atoms with van der Waals surface area (Å²) in [5, 5.41) is 3.14. The van der Waals surface area contributed by atoms with Crippen molar-refractivity contribution in [1.29, 1.82) is 0 Å². The normalized spacial score (nSPS) is 14.9. The Hall–Kier alpha value is -3.21. The second kappa shape index (κ2) is 10.8. The van der Waals surface area contributed by atoms with Gasteiger partial charge in [0.25, 0.3) is 11.5 Å². The van der Waals surface area contributed by atoms with Crippen molar-refractivity contribution in [3.63, 3.8) is 0 Å². The fourth-order valence-corrected chi connectivity index (χ4v) is 4.79. The first kappa shape index (κ1) is 23.9. The van der Waals surface area contributed by atoms with E-state index in [2.05, 4.69) is 10.3 Å². The molecule has 1 saturated heterocycles. The maximum atomic E-state index is 13.2. The van der Waals surface area contributed by atoms with Crippen LogP contribution in [0.2, 0.25) is 0 Å². The molecule has 3 heterocycles. The van der Waals surface area contributed by atoms with Crippen LogP contribution in [0.3, 0.4) is 0 Å². The van der Waals surface area contributed by atoms with Gasteiger partial charge in [0.2, 0.25) is 0 Å². The summed E-state index contributed by atoms with van der Waals surface area (Å²) in [4.78, 5) is 32.9. The van der Waals surface area contributed by atoms with E-state index in [9.17, 15) is 9.59 Å². The van der Waals surface area contributed by atoms with Gasteiger partial charge < -0.3 is 14.8 Å². The number of hydrogen-bond donors (Lipinski definition) is 1. The average Bonchev–Trinajstić information content (AvgIpc) is 3.12. The van der Waals surface area contributed by atoms with Crippen LogP contribution in [0.15, 0.2) is 58.4 Å². The molecule has 0 spiro atoms. The lowest BCUT2D eigenvalue weighted by molar-refractivity contribution is -0.122. The summed E-state index contributed by atoms with van der Waals surface area (Å²) in [6.45, 7) is 1.36. The number of anilines is 1. The number of benzene rings is 1. The van der Waals surface area contributed by atoms with E-state index >= 15 is 0 Å². The van der Waals surface area contributed by atoms with Crippen LogP contribution in [0.1, 0.15) is 11.1 Å². The summed E-state index contributed by atoms with van der Waals surface area (Å²) in [6, 6.07) is 13.0. The number of thioether (sulfide) groups is 1. The molecule has 1 amide bonds. The Morgan fingerprint density at radius 1 is 1.15 bits per heavy atom. The monoisotopic (exact) mass is 496 g/mol. The number of methoxy groups -OCH3 is 2. The van der Waals surface area contributed by atoms with Crippen molar-refractivity contribution in [3.8, 4) is 5.75 Å². The van der Waals surface area contributed by atoms with Crippen LogP contribution in [-0.4, -0.2) is 58.4 Å². The van der Waals surface area contributed by atoms with E-state index in [-0.39, 0.29) is 11.5 Å². The molecule has 1 aliphatic heterocycles. The predicted octanol–water partition coefficient (Wildman–Crippen LogP) is 3.21. The number of hydrogen-bond acceptors (Lipinski definition) is 8. The fraction of sp³-hybridized carbons (Fsp3) is 0.250. The quantitative estimate of drug-likeness (QED) is 0.275. The molecule has 176 valence electrons. The molecule has 34 heavy (non-hydrogen) atoms. The van der Waals surface area contributed by atoms with Crippen LogP contribution in [0, 0.1) is 0 Å². The second-order valence-corrected chi connectivity index (χ2v) is 9.13. The lowest BCUT2D eigenvalue weighted by atomic mass is 10.1. The van der Waals surface area contributed by atoms with E-state index < -0.39 is 0 Å². The summed E-state index contributed by atoms with van der Waals surface area (Å²) in [5.74, 6) is 0.961. The van der Waals surface area contributed by atoms with Crippen LogP contribution >= 0.6 is 24.0 Å². The van der Waals surface area contributed by atoms with Gasteiger partial charge in [-0.15, -0.1) is 0 Å². The zero-order valence-corrected chi connectivity index (χ0v) is 20.4. The van der Waals surface area contributed by atoms with E-state index in [1.807, 2.05) is 30.3 Å². The molecular weight excluding hydrogens is 472 g/mol. The van der Waals surface area contributed by atoms with Gasteiger partial charge in [0.05, 0.1) is 24.2 Å². The van der Waals surface area contributed by atoms with E-state index in [0.717, 1.165) is 11.3 Å². The summed E-state index contributed by atoms with van der Waals surface area (Å²) in [6.07, 6.45) is 3.88. The number of nitrogens with one attached hydrogen (secondary N) is 1. The van der Waals surface area contributed by atoms with Crippen LogP contribution in [0.25, 0.3) is 11.7 Å². The zero-order valence-electron chi connectivity index (χ0n) is 18.8. The molecule has 1 N–H and O–H groups in total. The Kier molecular flexibility index (Phi) is 7.61. The molecule has 10 heteroatoms. The molecule has 4 rings (SSSR count). The minimum atomic E-state index is -0.269. The molecule has 8 nitrogen and oxygen atoms in total. The number of nitrogens with zero attached hydrogens (tertiary/aromatic N) is 3. The van der Waals surface area contributed by atoms with Crippen molar-refractivity contribution in [2.45, 2.75) is 6.42 Å². The maximum absolute atomic E-state index is 13.2. The third-order valence-corrected chi connectivity index (χ3v) is 6.68. The van der Waals surface area contributed by atoms with Crippen molar-refractivity contribution < 1.29 is 14.3 Å². The molecule has 0 aliphatic carbocycles. The number of rotatable bonds is 9. The third kappa shape index (κ3) is 5.14. The smallest absolute Gasteiger partial charge is 0.267 e. The van der Waals surface area contributed by atoms with Gasteiger partial charge in [-0.2, -0.15) is 0 Å². The third-order valence-electron chi connectivity index (χ3n) is 5.30. The van der Waals surface area contributed by atoms with Gasteiger partial charge in [-0.1, -0.05) is 42.2 Å². The SMILES string of the molecule is COCCNc1nc2ccccn2c(=O)c1C=C1SC(=S)N(CCc2ccc(OC)cc2)C1=O. The lowest BCUT2D eigenvalue weighted by Crippen LogP contribution is -2.30.